The third-order valence-corrected chi connectivity index (χ3v) is 5.55. The van der Waals surface area contributed by atoms with Gasteiger partial charge in [0, 0.05) is 17.0 Å². The van der Waals surface area contributed by atoms with Gasteiger partial charge in [0.2, 0.25) is 0 Å². The number of aromatic nitrogens is 1. The first-order chi connectivity index (χ1) is 13.7. The molecule has 136 valence electrons. The number of furan rings is 1. The Morgan fingerprint density at radius 1 is 1.00 bits per heavy atom. The molecule has 2 heterocycles. The van der Waals surface area contributed by atoms with Gasteiger partial charge in [0.05, 0.1) is 26.9 Å². The maximum Gasteiger partial charge on any atom is 0.137 e. The summed E-state index contributed by atoms with van der Waals surface area (Å²) in [4.78, 5) is 4.58. The highest BCUT2D eigenvalue weighted by Gasteiger charge is 2.14. The zero-order valence-corrected chi connectivity index (χ0v) is 16.7. The predicted octanol–water partition coefficient (Wildman–Crippen LogP) is 7.44. The lowest BCUT2D eigenvalue weighted by atomic mass is 10.2. The molecule has 0 aliphatic carbocycles. The number of thiazole rings is 1. The number of benzene rings is 2. The Kier molecular flexibility index (Phi) is 5.31. The van der Waals surface area contributed by atoms with Gasteiger partial charge in [-0.15, -0.1) is 11.3 Å². The average molecular weight is 423 g/mol. The summed E-state index contributed by atoms with van der Waals surface area (Å²) in [7, 11) is 0. The lowest BCUT2D eigenvalue weighted by molar-refractivity contribution is 0.572. The molecule has 0 aliphatic rings. The summed E-state index contributed by atoms with van der Waals surface area (Å²) in [6.07, 6.45) is 1.67. The van der Waals surface area contributed by atoms with E-state index in [9.17, 15) is 5.26 Å². The fraction of sp³-hybridized carbons (Fsp3) is 0. The van der Waals surface area contributed by atoms with Crippen molar-refractivity contribution in [2.45, 2.75) is 0 Å². The molecule has 2 aromatic heterocycles. The molecule has 0 fully saturated rings. The standard InChI is InChI=1S/C22H12Cl2N2OS/c23-17-7-4-8-18(24)21(17)20-10-9-16(27-20)11-15(12-25)22-26-19(13-28-22)14-5-2-1-3-6-14/h1-11,13H. The maximum atomic E-state index is 9.60. The van der Waals surface area contributed by atoms with Crippen molar-refractivity contribution in [3.8, 4) is 28.7 Å². The van der Waals surface area contributed by atoms with Crippen LogP contribution in [0, 0.1) is 11.3 Å². The first kappa shape index (κ1) is 18.5. The monoisotopic (exact) mass is 422 g/mol. The zero-order chi connectivity index (χ0) is 19.5. The summed E-state index contributed by atoms with van der Waals surface area (Å²) in [6.45, 7) is 0. The summed E-state index contributed by atoms with van der Waals surface area (Å²) in [5.41, 5.74) is 2.91. The topological polar surface area (TPSA) is 49.8 Å². The van der Waals surface area contributed by atoms with Crippen LogP contribution < -0.4 is 0 Å². The van der Waals surface area contributed by atoms with Crippen molar-refractivity contribution in [3.63, 3.8) is 0 Å². The molecule has 4 aromatic rings. The van der Waals surface area contributed by atoms with Crippen LogP contribution in [-0.2, 0) is 0 Å². The van der Waals surface area contributed by atoms with Gasteiger partial charge in [-0.2, -0.15) is 5.26 Å². The molecule has 0 saturated heterocycles. The molecule has 0 unspecified atom stereocenters. The van der Waals surface area contributed by atoms with E-state index in [0.717, 1.165) is 11.3 Å². The Morgan fingerprint density at radius 2 is 1.75 bits per heavy atom. The van der Waals surface area contributed by atoms with Crippen LogP contribution in [0.2, 0.25) is 10.0 Å². The third-order valence-electron chi connectivity index (χ3n) is 4.05. The molecule has 0 spiro atoms. The van der Waals surface area contributed by atoms with Gasteiger partial charge in [-0.05, 0) is 24.3 Å². The van der Waals surface area contributed by atoms with Crippen molar-refractivity contribution < 1.29 is 4.42 Å². The minimum atomic E-state index is 0.429. The van der Waals surface area contributed by atoms with Crippen LogP contribution >= 0.6 is 34.5 Å². The lowest BCUT2D eigenvalue weighted by Crippen LogP contribution is -1.82. The summed E-state index contributed by atoms with van der Waals surface area (Å²) in [6, 6.07) is 20.9. The van der Waals surface area contributed by atoms with Gasteiger partial charge in [0.25, 0.3) is 0 Å². The van der Waals surface area contributed by atoms with Crippen molar-refractivity contribution >= 4 is 46.2 Å². The maximum absolute atomic E-state index is 9.60. The minimum Gasteiger partial charge on any atom is -0.457 e. The highest BCUT2D eigenvalue weighted by atomic mass is 35.5. The normalized spacial score (nSPS) is 11.4. The van der Waals surface area contributed by atoms with Crippen LogP contribution in [0.1, 0.15) is 10.8 Å². The van der Waals surface area contributed by atoms with Crippen LogP contribution in [-0.4, -0.2) is 4.98 Å². The van der Waals surface area contributed by atoms with E-state index in [1.807, 2.05) is 35.7 Å². The van der Waals surface area contributed by atoms with Crippen molar-refractivity contribution in [2.24, 2.45) is 0 Å². The number of hydrogen-bond donors (Lipinski definition) is 0. The lowest BCUT2D eigenvalue weighted by Gasteiger charge is -2.02. The molecule has 0 aliphatic heterocycles. The number of halogens is 2. The molecule has 4 rings (SSSR count). The van der Waals surface area contributed by atoms with Crippen molar-refractivity contribution in [2.75, 3.05) is 0 Å². The highest BCUT2D eigenvalue weighted by molar-refractivity contribution is 7.11. The molecule has 6 heteroatoms. The molecule has 0 bridgehead atoms. The number of allylic oxidation sites excluding steroid dienone is 1. The summed E-state index contributed by atoms with van der Waals surface area (Å²) >= 11 is 13.9. The molecular formula is C22H12Cl2N2OS. The molecule has 0 atom stereocenters. The van der Waals surface area contributed by atoms with Crippen LogP contribution in [0.3, 0.4) is 0 Å². The number of hydrogen-bond acceptors (Lipinski definition) is 4. The molecule has 0 amide bonds. The van der Waals surface area contributed by atoms with Gasteiger partial charge in [-0.1, -0.05) is 59.6 Å². The van der Waals surface area contributed by atoms with Crippen molar-refractivity contribution in [1.29, 1.82) is 5.26 Å². The van der Waals surface area contributed by atoms with Crippen LogP contribution in [0.15, 0.2) is 70.5 Å². The Hall–Kier alpha value is -2.84. The quantitative estimate of drug-likeness (QED) is 0.321. The Balaban J connectivity index is 1.66. The van der Waals surface area contributed by atoms with Gasteiger partial charge in [-0.25, -0.2) is 4.98 Å². The summed E-state index contributed by atoms with van der Waals surface area (Å²) < 4.78 is 5.86. The molecule has 28 heavy (non-hydrogen) atoms. The second kappa shape index (κ2) is 8.04. The SMILES string of the molecule is N#CC(=Cc1ccc(-c2c(Cl)cccc2Cl)o1)c1nc(-c2ccccc2)cs1. The molecule has 2 aromatic carbocycles. The summed E-state index contributed by atoms with van der Waals surface area (Å²) in [5.74, 6) is 1.07. The van der Waals surface area contributed by atoms with Gasteiger partial charge in [-0.3, -0.25) is 0 Å². The van der Waals surface area contributed by atoms with E-state index in [0.29, 0.717) is 37.7 Å². The van der Waals surface area contributed by atoms with E-state index in [-0.39, 0.29) is 0 Å². The fourth-order valence-electron chi connectivity index (χ4n) is 2.72. The average Bonchev–Trinajstić information content (AvgIpc) is 3.37. The van der Waals surface area contributed by atoms with Crippen LogP contribution in [0.5, 0.6) is 0 Å². The smallest absolute Gasteiger partial charge is 0.137 e. The van der Waals surface area contributed by atoms with Crippen molar-refractivity contribution in [3.05, 3.63) is 86.9 Å². The van der Waals surface area contributed by atoms with Crippen LogP contribution in [0.25, 0.3) is 34.2 Å². The van der Waals surface area contributed by atoms with Gasteiger partial charge in [0.15, 0.2) is 0 Å². The Labute approximate surface area is 176 Å². The molecule has 3 nitrogen and oxygen atoms in total. The highest BCUT2D eigenvalue weighted by Crippen LogP contribution is 2.36. The largest absolute Gasteiger partial charge is 0.457 e. The second-order valence-electron chi connectivity index (χ2n) is 5.87. The van der Waals surface area contributed by atoms with E-state index in [2.05, 4.69) is 11.1 Å². The molecule has 0 N–H and O–H groups in total. The minimum absolute atomic E-state index is 0.429. The second-order valence-corrected chi connectivity index (χ2v) is 7.54. The third kappa shape index (κ3) is 3.74. The molecular weight excluding hydrogens is 411 g/mol. The van der Waals surface area contributed by atoms with Gasteiger partial charge < -0.3 is 4.42 Å². The fourth-order valence-corrected chi connectivity index (χ4v) is 4.10. The molecule has 0 radical (unpaired) electrons. The summed E-state index contributed by atoms with van der Waals surface area (Å²) in [5, 5.41) is 13.2. The number of nitriles is 1. The van der Waals surface area contributed by atoms with E-state index in [1.54, 1.807) is 36.4 Å². The molecule has 0 saturated carbocycles. The van der Waals surface area contributed by atoms with E-state index in [4.69, 9.17) is 27.6 Å². The first-order valence-electron chi connectivity index (χ1n) is 8.33. The first-order valence-corrected chi connectivity index (χ1v) is 9.96. The Morgan fingerprint density at radius 3 is 2.46 bits per heavy atom. The predicted molar refractivity (Wildman–Crippen MR) is 115 cm³/mol. The van der Waals surface area contributed by atoms with Crippen molar-refractivity contribution in [1.82, 2.24) is 4.98 Å². The number of nitrogens with zero attached hydrogens (tertiary/aromatic N) is 2. The Bertz CT molecular complexity index is 1180. The van der Waals surface area contributed by atoms with E-state index >= 15 is 0 Å². The zero-order valence-electron chi connectivity index (χ0n) is 14.4. The van der Waals surface area contributed by atoms with E-state index < -0.39 is 0 Å². The van der Waals surface area contributed by atoms with Gasteiger partial charge in [0.1, 0.15) is 22.6 Å². The number of rotatable bonds is 4. The van der Waals surface area contributed by atoms with Gasteiger partial charge >= 0.3 is 0 Å². The van der Waals surface area contributed by atoms with Crippen LogP contribution in [0.4, 0.5) is 0 Å². The van der Waals surface area contributed by atoms with E-state index in [1.165, 1.54) is 11.3 Å².